The molecule has 0 radical (unpaired) electrons. The zero-order valence-corrected chi connectivity index (χ0v) is 11.1. The molecule has 0 aromatic carbocycles. The first-order valence-electron chi connectivity index (χ1n) is 6.02. The number of rotatable bonds is 6. The van der Waals surface area contributed by atoms with E-state index >= 15 is 0 Å². The van der Waals surface area contributed by atoms with E-state index in [1.165, 1.54) is 13.0 Å². The first-order valence-corrected chi connectivity index (χ1v) is 6.02. The molecule has 6 nitrogen and oxygen atoms in total. The van der Waals surface area contributed by atoms with Crippen LogP contribution in [0.15, 0.2) is 36.0 Å². The number of carboxylic acid groups (broad SMARTS) is 1. The summed E-state index contributed by atoms with van der Waals surface area (Å²) in [5.41, 5.74) is 0.341. The number of esters is 2. The van der Waals surface area contributed by atoms with Crippen LogP contribution in [0.2, 0.25) is 0 Å². The normalized spacial score (nSPS) is 17.1. The van der Waals surface area contributed by atoms with Crippen molar-refractivity contribution in [3.63, 3.8) is 0 Å². The minimum atomic E-state index is -1.08. The lowest BCUT2D eigenvalue weighted by molar-refractivity contribution is -0.149. The smallest absolute Gasteiger partial charge is 0.335 e. The van der Waals surface area contributed by atoms with Crippen molar-refractivity contribution < 1.29 is 29.0 Å². The molecule has 0 heterocycles. The molecular weight excluding hydrogens is 264 g/mol. The molecule has 1 N–H and O–H groups in total. The second-order valence-electron chi connectivity index (χ2n) is 4.23. The fraction of sp³-hybridized carbons (Fsp3) is 0.357. The second kappa shape index (κ2) is 7.28. The summed E-state index contributed by atoms with van der Waals surface area (Å²) in [6.07, 6.45) is 4.95. The van der Waals surface area contributed by atoms with Crippen LogP contribution in [0.5, 0.6) is 0 Å². The lowest BCUT2D eigenvalue weighted by Gasteiger charge is -2.16. The zero-order valence-electron chi connectivity index (χ0n) is 11.1. The predicted octanol–water partition coefficient (Wildman–Crippen LogP) is 1.24. The molecular formula is C14H16O6. The number of ether oxygens (including phenoxy) is 2. The largest absolute Gasteiger partial charge is 0.481 e. The summed E-state index contributed by atoms with van der Waals surface area (Å²) in [4.78, 5) is 33.8. The van der Waals surface area contributed by atoms with Gasteiger partial charge in [0.15, 0.2) is 0 Å². The maximum atomic E-state index is 11.7. The van der Waals surface area contributed by atoms with E-state index in [9.17, 15) is 14.4 Å². The van der Waals surface area contributed by atoms with Crippen molar-refractivity contribution in [1.82, 2.24) is 0 Å². The second-order valence-corrected chi connectivity index (χ2v) is 4.23. The third-order valence-electron chi connectivity index (χ3n) is 2.59. The Morgan fingerprint density at radius 1 is 1.35 bits per heavy atom. The maximum absolute atomic E-state index is 11.7. The van der Waals surface area contributed by atoms with Gasteiger partial charge in [-0.05, 0) is 13.3 Å². The third-order valence-corrected chi connectivity index (χ3v) is 2.59. The molecule has 108 valence electrons. The van der Waals surface area contributed by atoms with E-state index in [0.717, 1.165) is 0 Å². The summed E-state index contributed by atoms with van der Waals surface area (Å²) in [6, 6.07) is 0. The van der Waals surface area contributed by atoms with E-state index in [1.807, 2.05) is 0 Å². The predicted molar refractivity (Wildman–Crippen MR) is 69.7 cm³/mol. The summed E-state index contributed by atoms with van der Waals surface area (Å²) in [6.45, 7) is 4.68. The van der Waals surface area contributed by atoms with Gasteiger partial charge in [0.25, 0.3) is 0 Å². The summed E-state index contributed by atoms with van der Waals surface area (Å²) in [5, 5.41) is 9.00. The van der Waals surface area contributed by atoms with Gasteiger partial charge in [0.2, 0.25) is 0 Å². The van der Waals surface area contributed by atoms with Crippen molar-refractivity contribution in [2.24, 2.45) is 5.92 Å². The Kier molecular flexibility index (Phi) is 5.71. The molecule has 0 aromatic rings. The average molecular weight is 280 g/mol. The molecule has 20 heavy (non-hydrogen) atoms. The van der Waals surface area contributed by atoms with Crippen LogP contribution in [-0.4, -0.2) is 36.2 Å². The van der Waals surface area contributed by atoms with Gasteiger partial charge in [-0.2, -0.15) is 0 Å². The molecule has 0 amide bonds. The first kappa shape index (κ1) is 15.7. The molecule has 1 aliphatic carbocycles. The van der Waals surface area contributed by atoms with Crippen molar-refractivity contribution in [3.8, 4) is 0 Å². The number of hydrogen-bond donors (Lipinski definition) is 1. The monoisotopic (exact) mass is 280 g/mol. The van der Waals surface area contributed by atoms with Gasteiger partial charge in [0.05, 0.1) is 11.5 Å². The van der Waals surface area contributed by atoms with Gasteiger partial charge >= 0.3 is 17.9 Å². The Balaban J connectivity index is 2.44. The molecule has 0 saturated heterocycles. The molecule has 1 atom stereocenters. The summed E-state index contributed by atoms with van der Waals surface area (Å²) >= 11 is 0. The van der Waals surface area contributed by atoms with Gasteiger partial charge in [-0.3, -0.25) is 4.79 Å². The first-order chi connectivity index (χ1) is 9.43. The van der Waals surface area contributed by atoms with E-state index in [-0.39, 0.29) is 30.8 Å². The molecule has 1 rings (SSSR count). The van der Waals surface area contributed by atoms with E-state index in [4.69, 9.17) is 14.6 Å². The lowest BCUT2D eigenvalue weighted by atomic mass is 9.92. The minimum Gasteiger partial charge on any atom is -0.481 e. The molecule has 0 spiro atoms. The van der Waals surface area contributed by atoms with Gasteiger partial charge in [0.1, 0.15) is 13.2 Å². The average Bonchev–Trinajstić information content (AvgIpc) is 2.42. The molecule has 6 heteroatoms. The minimum absolute atomic E-state index is 0.0891. The van der Waals surface area contributed by atoms with Crippen LogP contribution in [0.1, 0.15) is 13.3 Å². The highest BCUT2D eigenvalue weighted by molar-refractivity contribution is 5.95. The van der Waals surface area contributed by atoms with Crippen molar-refractivity contribution in [1.29, 1.82) is 0 Å². The quantitative estimate of drug-likeness (QED) is 0.447. The molecule has 0 fully saturated rings. The van der Waals surface area contributed by atoms with Gasteiger partial charge in [0, 0.05) is 5.57 Å². The Labute approximate surface area is 116 Å². The van der Waals surface area contributed by atoms with Crippen molar-refractivity contribution in [2.45, 2.75) is 13.3 Å². The van der Waals surface area contributed by atoms with E-state index in [1.54, 1.807) is 12.2 Å². The molecule has 0 aromatic heterocycles. The van der Waals surface area contributed by atoms with Crippen LogP contribution < -0.4 is 0 Å². The van der Waals surface area contributed by atoms with Gasteiger partial charge in [-0.1, -0.05) is 24.8 Å². The fourth-order valence-electron chi connectivity index (χ4n) is 1.55. The Hall–Kier alpha value is -2.37. The van der Waals surface area contributed by atoms with Crippen molar-refractivity contribution in [3.05, 3.63) is 36.0 Å². The zero-order chi connectivity index (χ0) is 15.1. The van der Waals surface area contributed by atoms with Crippen LogP contribution in [0.25, 0.3) is 0 Å². The molecule has 0 bridgehead atoms. The number of carbonyl (C=O) groups is 3. The maximum Gasteiger partial charge on any atom is 0.335 e. The number of allylic oxidation sites excluding steroid dienone is 3. The van der Waals surface area contributed by atoms with Crippen molar-refractivity contribution >= 4 is 17.9 Å². The molecule has 0 saturated carbocycles. The summed E-state index contributed by atoms with van der Waals surface area (Å²) in [7, 11) is 0. The van der Waals surface area contributed by atoms with Crippen LogP contribution in [0.4, 0.5) is 0 Å². The molecule has 0 aliphatic heterocycles. The van der Waals surface area contributed by atoms with Gasteiger partial charge in [-0.25, -0.2) is 9.59 Å². The van der Waals surface area contributed by atoms with Crippen LogP contribution in [-0.2, 0) is 23.9 Å². The SMILES string of the molecule is C=C(C)C(=O)OCCOC(=O)C1=CC=CCC1C(=O)O. The fourth-order valence-corrected chi connectivity index (χ4v) is 1.55. The Morgan fingerprint density at radius 2 is 2.00 bits per heavy atom. The van der Waals surface area contributed by atoms with E-state index < -0.39 is 23.8 Å². The number of carbonyl (C=O) groups excluding carboxylic acids is 2. The molecule has 1 aliphatic rings. The van der Waals surface area contributed by atoms with Crippen LogP contribution in [0, 0.1) is 5.92 Å². The number of hydrogen-bond acceptors (Lipinski definition) is 5. The van der Waals surface area contributed by atoms with Crippen LogP contribution >= 0.6 is 0 Å². The topological polar surface area (TPSA) is 89.9 Å². The number of carboxylic acids is 1. The standard InChI is InChI=1S/C14H16O6/c1-9(2)13(17)19-7-8-20-14(18)11-6-4-3-5-10(11)12(15)16/h3-4,6,10H,1,5,7-8H2,2H3,(H,15,16). The Morgan fingerprint density at radius 3 is 2.60 bits per heavy atom. The van der Waals surface area contributed by atoms with E-state index in [0.29, 0.717) is 0 Å². The van der Waals surface area contributed by atoms with E-state index in [2.05, 4.69) is 6.58 Å². The highest BCUT2D eigenvalue weighted by atomic mass is 16.6. The number of aliphatic carboxylic acids is 1. The van der Waals surface area contributed by atoms with Gasteiger partial charge in [-0.15, -0.1) is 0 Å². The summed E-state index contributed by atoms with van der Waals surface area (Å²) < 4.78 is 9.63. The molecule has 1 unspecified atom stereocenters. The lowest BCUT2D eigenvalue weighted by Crippen LogP contribution is -2.25. The highest BCUT2D eigenvalue weighted by Gasteiger charge is 2.28. The third kappa shape index (κ3) is 4.38. The van der Waals surface area contributed by atoms with Crippen molar-refractivity contribution in [2.75, 3.05) is 13.2 Å². The summed E-state index contributed by atoms with van der Waals surface area (Å²) in [5.74, 6) is -3.26. The van der Waals surface area contributed by atoms with Crippen LogP contribution in [0.3, 0.4) is 0 Å². The van der Waals surface area contributed by atoms with Gasteiger partial charge < -0.3 is 14.6 Å². The highest BCUT2D eigenvalue weighted by Crippen LogP contribution is 2.21. The Bertz CT molecular complexity index is 486.